The van der Waals surface area contributed by atoms with Crippen LogP contribution in [-0.4, -0.2) is 31.7 Å². The van der Waals surface area contributed by atoms with Crippen LogP contribution in [0.5, 0.6) is 0 Å². The fourth-order valence-electron chi connectivity index (χ4n) is 3.55. The van der Waals surface area contributed by atoms with Gasteiger partial charge in [0.15, 0.2) is 0 Å². The molecule has 3 aromatic rings. The lowest BCUT2D eigenvalue weighted by molar-refractivity contribution is -0.115. The summed E-state index contributed by atoms with van der Waals surface area (Å²) in [6.45, 7) is 8.16. The van der Waals surface area contributed by atoms with Gasteiger partial charge in [0.05, 0.1) is 11.3 Å². The average molecular weight is 425 g/mol. The Kier molecular flexibility index (Phi) is 6.58. The molecular formula is C24H28N2O3S. The number of benzene rings is 3. The highest BCUT2D eigenvalue weighted by atomic mass is 32.2. The zero-order chi connectivity index (χ0) is 21.9. The molecule has 1 amide bonds. The summed E-state index contributed by atoms with van der Waals surface area (Å²) >= 11 is 0. The molecule has 0 aliphatic heterocycles. The van der Waals surface area contributed by atoms with E-state index in [2.05, 4.69) is 5.32 Å². The summed E-state index contributed by atoms with van der Waals surface area (Å²) in [5.74, 6) is -0.176. The van der Waals surface area contributed by atoms with Crippen molar-refractivity contribution in [2.45, 2.75) is 39.0 Å². The molecule has 0 atom stereocenters. The maximum absolute atomic E-state index is 12.9. The largest absolute Gasteiger partial charge is 0.326 e. The van der Waals surface area contributed by atoms with Crippen molar-refractivity contribution in [1.82, 2.24) is 4.31 Å². The maximum Gasteiger partial charge on any atom is 0.243 e. The third-order valence-electron chi connectivity index (χ3n) is 5.44. The number of fused-ring (bicyclic) bond motifs is 1. The van der Waals surface area contributed by atoms with Crippen LogP contribution >= 0.6 is 0 Å². The van der Waals surface area contributed by atoms with Crippen molar-refractivity contribution in [3.63, 3.8) is 0 Å². The van der Waals surface area contributed by atoms with E-state index >= 15 is 0 Å². The minimum atomic E-state index is -3.60. The molecule has 6 heteroatoms. The number of carbonyl (C=O) groups excluding carboxylic acids is 1. The van der Waals surface area contributed by atoms with Crippen molar-refractivity contribution in [3.8, 4) is 0 Å². The number of hydrogen-bond acceptors (Lipinski definition) is 3. The van der Waals surface area contributed by atoms with Crippen LogP contribution in [0.3, 0.4) is 0 Å². The Morgan fingerprint density at radius 1 is 0.933 bits per heavy atom. The van der Waals surface area contributed by atoms with E-state index in [4.69, 9.17) is 0 Å². The average Bonchev–Trinajstić information content (AvgIpc) is 2.71. The first-order valence-corrected chi connectivity index (χ1v) is 11.6. The van der Waals surface area contributed by atoms with Crippen LogP contribution in [-0.2, 0) is 21.2 Å². The molecular weight excluding hydrogens is 396 g/mol. The smallest absolute Gasteiger partial charge is 0.243 e. The molecule has 0 aliphatic rings. The predicted molar refractivity (Wildman–Crippen MR) is 122 cm³/mol. The second kappa shape index (κ2) is 8.98. The summed E-state index contributed by atoms with van der Waals surface area (Å²) in [4.78, 5) is 12.9. The van der Waals surface area contributed by atoms with E-state index in [0.717, 1.165) is 27.5 Å². The predicted octanol–water partition coefficient (Wildman–Crippen LogP) is 4.67. The van der Waals surface area contributed by atoms with Crippen molar-refractivity contribution in [2.75, 3.05) is 18.4 Å². The first kappa shape index (κ1) is 22.0. The van der Waals surface area contributed by atoms with Gasteiger partial charge in [-0.15, -0.1) is 0 Å². The summed E-state index contributed by atoms with van der Waals surface area (Å²) < 4.78 is 27.3. The van der Waals surface area contributed by atoms with Gasteiger partial charge in [-0.3, -0.25) is 4.79 Å². The van der Waals surface area contributed by atoms with Crippen LogP contribution in [0.15, 0.2) is 59.5 Å². The van der Waals surface area contributed by atoms with Gasteiger partial charge in [-0.25, -0.2) is 8.42 Å². The lowest BCUT2D eigenvalue weighted by Gasteiger charge is -2.20. The molecule has 0 aliphatic carbocycles. The van der Waals surface area contributed by atoms with Gasteiger partial charge in [-0.2, -0.15) is 4.31 Å². The molecule has 3 aromatic carbocycles. The van der Waals surface area contributed by atoms with E-state index in [9.17, 15) is 13.2 Å². The Labute approximate surface area is 178 Å². The Bertz CT molecular complexity index is 1180. The summed E-state index contributed by atoms with van der Waals surface area (Å²) in [5, 5.41) is 5.13. The molecule has 0 spiro atoms. The summed E-state index contributed by atoms with van der Waals surface area (Å²) in [7, 11) is -3.60. The molecule has 0 heterocycles. The molecule has 3 rings (SSSR count). The van der Waals surface area contributed by atoms with Gasteiger partial charge in [0.2, 0.25) is 15.9 Å². The van der Waals surface area contributed by atoms with Crippen LogP contribution in [0, 0.1) is 13.8 Å². The number of amides is 1. The highest BCUT2D eigenvalue weighted by Crippen LogP contribution is 2.26. The molecule has 30 heavy (non-hydrogen) atoms. The van der Waals surface area contributed by atoms with Gasteiger partial charge in [0.1, 0.15) is 0 Å². The van der Waals surface area contributed by atoms with Crippen molar-refractivity contribution < 1.29 is 13.2 Å². The number of anilines is 1. The van der Waals surface area contributed by atoms with E-state index in [1.165, 1.54) is 4.31 Å². The number of aryl methyl sites for hydroxylation is 1. The van der Waals surface area contributed by atoms with Gasteiger partial charge in [0, 0.05) is 18.8 Å². The highest BCUT2D eigenvalue weighted by molar-refractivity contribution is 7.89. The number of hydrogen-bond donors (Lipinski definition) is 1. The Morgan fingerprint density at radius 2 is 1.60 bits per heavy atom. The lowest BCUT2D eigenvalue weighted by Crippen LogP contribution is -2.30. The number of sulfonamides is 1. The molecule has 0 fully saturated rings. The van der Waals surface area contributed by atoms with E-state index < -0.39 is 10.0 Å². The fraction of sp³-hybridized carbons (Fsp3) is 0.292. The Morgan fingerprint density at radius 3 is 2.27 bits per heavy atom. The standard InChI is InChI=1S/C24H28N2O3S/c1-5-26(6-2)30(28,29)22-13-17(3)18(4)23(16-22)25-24(27)15-19-11-12-20-9-7-8-10-21(20)14-19/h7-14,16H,5-6,15H2,1-4H3,(H,25,27). The zero-order valence-corrected chi connectivity index (χ0v) is 18.7. The fourth-order valence-corrected chi connectivity index (χ4v) is 5.12. The lowest BCUT2D eigenvalue weighted by atomic mass is 10.0. The second-order valence-electron chi connectivity index (χ2n) is 7.41. The van der Waals surface area contributed by atoms with Crippen molar-refractivity contribution in [2.24, 2.45) is 0 Å². The van der Waals surface area contributed by atoms with Crippen LogP contribution < -0.4 is 5.32 Å². The number of rotatable bonds is 7. The summed E-state index contributed by atoms with van der Waals surface area (Å²) in [5.41, 5.74) is 3.13. The molecule has 158 valence electrons. The van der Waals surface area contributed by atoms with Crippen molar-refractivity contribution in [3.05, 3.63) is 71.3 Å². The van der Waals surface area contributed by atoms with Crippen LogP contribution in [0.25, 0.3) is 10.8 Å². The molecule has 0 unspecified atom stereocenters. The maximum atomic E-state index is 12.9. The summed E-state index contributed by atoms with van der Waals surface area (Å²) in [6.07, 6.45) is 0.219. The van der Waals surface area contributed by atoms with Crippen molar-refractivity contribution in [1.29, 1.82) is 0 Å². The van der Waals surface area contributed by atoms with Crippen molar-refractivity contribution >= 4 is 32.4 Å². The number of nitrogens with one attached hydrogen (secondary N) is 1. The molecule has 0 saturated heterocycles. The normalized spacial score (nSPS) is 11.8. The second-order valence-corrected chi connectivity index (χ2v) is 9.35. The quantitative estimate of drug-likeness (QED) is 0.599. The van der Waals surface area contributed by atoms with E-state index in [1.807, 2.05) is 70.2 Å². The monoisotopic (exact) mass is 424 g/mol. The third-order valence-corrected chi connectivity index (χ3v) is 7.46. The number of carbonyl (C=O) groups is 1. The van der Waals surface area contributed by atoms with Crippen LogP contribution in [0.1, 0.15) is 30.5 Å². The topological polar surface area (TPSA) is 66.5 Å². The van der Waals surface area contributed by atoms with Crippen LogP contribution in [0.4, 0.5) is 5.69 Å². The van der Waals surface area contributed by atoms with E-state index in [-0.39, 0.29) is 17.2 Å². The zero-order valence-electron chi connectivity index (χ0n) is 17.9. The van der Waals surface area contributed by atoms with Gasteiger partial charge in [-0.05, 0) is 53.4 Å². The van der Waals surface area contributed by atoms with E-state index in [1.54, 1.807) is 12.1 Å². The Hall–Kier alpha value is -2.70. The third kappa shape index (κ3) is 4.55. The minimum absolute atomic E-state index is 0.176. The van der Waals surface area contributed by atoms with E-state index in [0.29, 0.717) is 18.8 Å². The summed E-state index contributed by atoms with van der Waals surface area (Å²) in [6, 6.07) is 17.2. The molecule has 0 radical (unpaired) electrons. The molecule has 0 bridgehead atoms. The highest BCUT2D eigenvalue weighted by Gasteiger charge is 2.23. The first-order valence-electron chi connectivity index (χ1n) is 10.1. The number of nitrogens with zero attached hydrogens (tertiary/aromatic N) is 1. The Balaban J connectivity index is 1.86. The minimum Gasteiger partial charge on any atom is -0.326 e. The SMILES string of the molecule is CCN(CC)S(=O)(=O)c1cc(C)c(C)c(NC(=O)Cc2ccc3ccccc3c2)c1. The molecule has 5 nitrogen and oxygen atoms in total. The van der Waals surface area contributed by atoms with Gasteiger partial charge >= 0.3 is 0 Å². The molecule has 1 N–H and O–H groups in total. The molecule has 0 aromatic heterocycles. The van der Waals surface area contributed by atoms with Gasteiger partial charge in [0.25, 0.3) is 0 Å². The van der Waals surface area contributed by atoms with Gasteiger partial charge in [-0.1, -0.05) is 56.3 Å². The molecule has 0 saturated carbocycles. The van der Waals surface area contributed by atoms with Crippen LogP contribution in [0.2, 0.25) is 0 Å². The van der Waals surface area contributed by atoms with Gasteiger partial charge < -0.3 is 5.32 Å². The first-order chi connectivity index (χ1) is 14.3.